The first-order chi connectivity index (χ1) is 9.04. The molecule has 4 nitrogen and oxygen atoms in total. The molecular weight excluding hydrogens is 242 g/mol. The van der Waals surface area contributed by atoms with Gasteiger partial charge in [0.1, 0.15) is 5.75 Å². The van der Waals surface area contributed by atoms with Crippen LogP contribution in [0.2, 0.25) is 0 Å². The molecule has 2 rings (SSSR count). The van der Waals surface area contributed by atoms with Crippen molar-refractivity contribution < 1.29 is 14.6 Å². The van der Waals surface area contributed by atoms with E-state index in [1.807, 2.05) is 6.07 Å². The third-order valence-corrected chi connectivity index (χ3v) is 3.71. The van der Waals surface area contributed by atoms with Crippen LogP contribution in [0.1, 0.15) is 48.9 Å². The molecule has 2 unspecified atom stereocenters. The van der Waals surface area contributed by atoms with E-state index in [-0.39, 0.29) is 18.6 Å². The number of esters is 1. The molecular formula is C15H21NO3. The Morgan fingerprint density at radius 2 is 2.21 bits per heavy atom. The molecule has 1 aliphatic carbocycles. The minimum absolute atomic E-state index is 0.0225. The average Bonchev–Trinajstić information content (AvgIpc) is 2.70. The summed E-state index contributed by atoms with van der Waals surface area (Å²) in [5.74, 6) is 0.448. The summed E-state index contributed by atoms with van der Waals surface area (Å²) in [6, 6.07) is 3.69. The molecule has 1 aromatic carbocycles. The normalized spacial score (nSPS) is 21.2. The lowest BCUT2D eigenvalue weighted by atomic mass is 9.97. The van der Waals surface area contributed by atoms with Crippen molar-refractivity contribution in [1.82, 2.24) is 5.32 Å². The summed E-state index contributed by atoms with van der Waals surface area (Å²) >= 11 is 0. The predicted octanol–water partition coefficient (Wildman–Crippen LogP) is 2.40. The van der Waals surface area contributed by atoms with Crippen molar-refractivity contribution in [3.05, 3.63) is 28.8 Å². The van der Waals surface area contributed by atoms with Gasteiger partial charge in [-0.15, -0.1) is 0 Å². The van der Waals surface area contributed by atoms with Crippen LogP contribution in [0.15, 0.2) is 12.1 Å². The molecule has 2 N–H and O–H groups in total. The second-order valence-electron chi connectivity index (χ2n) is 5.10. The van der Waals surface area contributed by atoms with Crippen LogP contribution in [0.25, 0.3) is 0 Å². The number of nitrogens with one attached hydrogen (secondary N) is 1. The number of phenolic OH excluding ortho intramolecular Hbond substituents is 1. The number of hydrogen-bond donors (Lipinski definition) is 2. The molecule has 0 fully saturated rings. The second-order valence-corrected chi connectivity index (χ2v) is 5.10. The van der Waals surface area contributed by atoms with Gasteiger partial charge in [-0.3, -0.25) is 10.1 Å². The minimum atomic E-state index is -0.254. The summed E-state index contributed by atoms with van der Waals surface area (Å²) < 4.78 is 4.91. The quantitative estimate of drug-likeness (QED) is 0.819. The molecule has 1 aromatic rings. The maximum absolute atomic E-state index is 11.4. The fraction of sp³-hybridized carbons (Fsp3) is 0.533. The summed E-state index contributed by atoms with van der Waals surface area (Å²) in [7, 11) is 0. The average molecular weight is 263 g/mol. The van der Waals surface area contributed by atoms with Crippen LogP contribution in [0.3, 0.4) is 0 Å². The van der Waals surface area contributed by atoms with Gasteiger partial charge in [-0.25, -0.2) is 0 Å². The number of aromatic hydroxyl groups is 1. The van der Waals surface area contributed by atoms with Gasteiger partial charge in [0.05, 0.1) is 13.2 Å². The molecule has 0 heterocycles. The first-order valence-electron chi connectivity index (χ1n) is 6.76. The zero-order chi connectivity index (χ0) is 14.0. The molecule has 4 heteroatoms. The van der Waals surface area contributed by atoms with Crippen LogP contribution >= 0.6 is 0 Å². The molecule has 0 spiro atoms. The van der Waals surface area contributed by atoms with Gasteiger partial charge in [0.25, 0.3) is 0 Å². The summed E-state index contributed by atoms with van der Waals surface area (Å²) in [5, 5.41) is 13.2. The number of benzene rings is 1. The standard InChI is InChI=1S/C15H21NO3/c1-4-19-13(18)8-16-11-7-10(3)14-9(2)5-6-12(17)15(11)14/h5-6,10-11,16-17H,4,7-8H2,1-3H3. The van der Waals surface area contributed by atoms with Gasteiger partial charge in [-0.2, -0.15) is 0 Å². The van der Waals surface area contributed by atoms with E-state index < -0.39 is 0 Å². The molecule has 0 aromatic heterocycles. The first-order valence-corrected chi connectivity index (χ1v) is 6.76. The van der Waals surface area contributed by atoms with E-state index in [2.05, 4.69) is 19.2 Å². The lowest BCUT2D eigenvalue weighted by molar-refractivity contribution is -0.142. The number of carbonyl (C=O) groups is 1. The SMILES string of the molecule is CCOC(=O)CNC1CC(C)c2c(C)ccc(O)c21. The summed E-state index contributed by atoms with van der Waals surface area (Å²) in [5.41, 5.74) is 3.35. The van der Waals surface area contributed by atoms with Gasteiger partial charge in [0, 0.05) is 11.6 Å². The topological polar surface area (TPSA) is 58.6 Å². The maximum atomic E-state index is 11.4. The van der Waals surface area contributed by atoms with E-state index in [9.17, 15) is 9.90 Å². The lowest BCUT2D eigenvalue weighted by Crippen LogP contribution is -2.27. The lowest BCUT2D eigenvalue weighted by Gasteiger charge is -2.15. The van der Waals surface area contributed by atoms with E-state index in [0.717, 1.165) is 12.0 Å². The van der Waals surface area contributed by atoms with Crippen LogP contribution in [0, 0.1) is 6.92 Å². The molecule has 0 amide bonds. The van der Waals surface area contributed by atoms with Crippen molar-refractivity contribution in [2.75, 3.05) is 13.2 Å². The number of aryl methyl sites for hydroxylation is 1. The van der Waals surface area contributed by atoms with Gasteiger partial charge >= 0.3 is 5.97 Å². The van der Waals surface area contributed by atoms with Gasteiger partial charge in [0.2, 0.25) is 0 Å². The largest absolute Gasteiger partial charge is 0.508 e. The number of carbonyl (C=O) groups excluding carboxylic acids is 1. The van der Waals surface area contributed by atoms with Crippen LogP contribution in [0.5, 0.6) is 5.75 Å². The van der Waals surface area contributed by atoms with Crippen molar-refractivity contribution in [1.29, 1.82) is 0 Å². The number of phenols is 1. The zero-order valence-electron chi connectivity index (χ0n) is 11.7. The Labute approximate surface area is 113 Å². The highest BCUT2D eigenvalue weighted by atomic mass is 16.5. The molecule has 0 saturated carbocycles. The zero-order valence-corrected chi connectivity index (χ0v) is 11.7. The smallest absolute Gasteiger partial charge is 0.319 e. The Morgan fingerprint density at radius 3 is 2.89 bits per heavy atom. The van der Waals surface area contributed by atoms with Crippen molar-refractivity contribution in [2.45, 2.75) is 39.2 Å². The fourth-order valence-electron chi connectivity index (χ4n) is 2.95. The third-order valence-electron chi connectivity index (χ3n) is 3.71. The molecule has 0 bridgehead atoms. The molecule has 0 aliphatic heterocycles. The van der Waals surface area contributed by atoms with Crippen molar-refractivity contribution >= 4 is 5.97 Å². The summed E-state index contributed by atoms with van der Waals surface area (Å²) in [6.07, 6.45) is 0.896. The van der Waals surface area contributed by atoms with Crippen LogP contribution in [-0.2, 0) is 9.53 Å². The van der Waals surface area contributed by atoms with E-state index in [1.165, 1.54) is 11.1 Å². The van der Waals surface area contributed by atoms with Gasteiger partial charge in [-0.05, 0) is 43.4 Å². The highest BCUT2D eigenvalue weighted by Crippen LogP contribution is 2.45. The summed E-state index contributed by atoms with van der Waals surface area (Å²) in [6.45, 7) is 6.57. The van der Waals surface area contributed by atoms with Gasteiger partial charge in [-0.1, -0.05) is 13.0 Å². The first kappa shape index (κ1) is 13.9. The van der Waals surface area contributed by atoms with Crippen LogP contribution in [0.4, 0.5) is 0 Å². The molecule has 104 valence electrons. The maximum Gasteiger partial charge on any atom is 0.319 e. The molecule has 0 saturated heterocycles. The van der Waals surface area contributed by atoms with Crippen molar-refractivity contribution in [3.8, 4) is 5.75 Å². The second kappa shape index (κ2) is 5.61. The number of fused-ring (bicyclic) bond motifs is 1. The molecule has 1 aliphatic rings. The Kier molecular flexibility index (Phi) is 4.10. The fourth-order valence-corrected chi connectivity index (χ4v) is 2.95. The minimum Gasteiger partial charge on any atom is -0.508 e. The van der Waals surface area contributed by atoms with E-state index >= 15 is 0 Å². The Hall–Kier alpha value is -1.55. The van der Waals surface area contributed by atoms with Crippen molar-refractivity contribution in [2.24, 2.45) is 0 Å². The number of rotatable bonds is 4. The Bertz CT molecular complexity index is 485. The highest BCUT2D eigenvalue weighted by Gasteiger charge is 2.32. The highest BCUT2D eigenvalue weighted by molar-refractivity contribution is 5.71. The number of ether oxygens (including phenoxy) is 1. The molecule has 2 atom stereocenters. The summed E-state index contributed by atoms with van der Waals surface area (Å²) in [4.78, 5) is 11.4. The van der Waals surface area contributed by atoms with E-state index in [0.29, 0.717) is 18.3 Å². The van der Waals surface area contributed by atoms with Gasteiger partial charge in [0.15, 0.2) is 0 Å². The monoisotopic (exact) mass is 263 g/mol. The Balaban J connectivity index is 2.15. The molecule has 0 radical (unpaired) electrons. The van der Waals surface area contributed by atoms with E-state index in [4.69, 9.17) is 4.74 Å². The number of hydrogen-bond acceptors (Lipinski definition) is 4. The third kappa shape index (κ3) is 2.73. The van der Waals surface area contributed by atoms with Gasteiger partial charge < -0.3 is 9.84 Å². The van der Waals surface area contributed by atoms with E-state index in [1.54, 1.807) is 13.0 Å². The van der Waals surface area contributed by atoms with Crippen LogP contribution in [-0.4, -0.2) is 24.2 Å². The Morgan fingerprint density at radius 1 is 1.47 bits per heavy atom. The van der Waals surface area contributed by atoms with Crippen LogP contribution < -0.4 is 5.32 Å². The molecule has 19 heavy (non-hydrogen) atoms. The predicted molar refractivity (Wildman–Crippen MR) is 73.3 cm³/mol. The van der Waals surface area contributed by atoms with Crippen molar-refractivity contribution in [3.63, 3.8) is 0 Å².